The largest absolute Gasteiger partial charge is 0.344 e. The van der Waals surface area contributed by atoms with E-state index in [2.05, 4.69) is 39.4 Å². The second-order valence-electron chi connectivity index (χ2n) is 6.56. The lowest BCUT2D eigenvalue weighted by Gasteiger charge is -2.03. The van der Waals surface area contributed by atoms with E-state index in [-0.39, 0.29) is 12.3 Å². The maximum Gasteiger partial charge on any atom is 0.244 e. The molecule has 0 atom stereocenters. The number of carbonyl (C=O) groups is 1. The summed E-state index contributed by atoms with van der Waals surface area (Å²) in [5.74, 6) is -0.195. The van der Waals surface area contributed by atoms with Gasteiger partial charge in [-0.1, -0.05) is 59.6 Å². The first-order valence-electron chi connectivity index (χ1n) is 8.76. The SMILES string of the molecule is Cn1c2ccccc2c2ccc(CC(=O)N/N=C/c3ccc(Cl)cc3Cl)cc21. The summed E-state index contributed by atoms with van der Waals surface area (Å²) < 4.78 is 2.15. The van der Waals surface area contributed by atoms with Crippen LogP contribution in [0.3, 0.4) is 0 Å². The highest BCUT2D eigenvalue weighted by atomic mass is 35.5. The van der Waals surface area contributed by atoms with Crippen LogP contribution in [0.15, 0.2) is 65.8 Å². The minimum Gasteiger partial charge on any atom is -0.344 e. The lowest BCUT2D eigenvalue weighted by atomic mass is 10.1. The van der Waals surface area contributed by atoms with Gasteiger partial charge in [-0.15, -0.1) is 0 Å². The number of carbonyl (C=O) groups excluding carboxylic acids is 1. The first kappa shape index (κ1) is 18.5. The van der Waals surface area contributed by atoms with E-state index in [1.807, 2.05) is 25.2 Å². The van der Waals surface area contributed by atoms with Crippen molar-refractivity contribution < 1.29 is 4.79 Å². The second kappa shape index (κ2) is 7.66. The molecule has 0 saturated heterocycles. The van der Waals surface area contributed by atoms with Crippen LogP contribution in [0.2, 0.25) is 10.0 Å². The molecule has 0 radical (unpaired) electrons. The molecule has 0 bridgehead atoms. The van der Waals surface area contributed by atoms with Crippen LogP contribution in [0.25, 0.3) is 21.8 Å². The number of hydrogen-bond acceptors (Lipinski definition) is 2. The summed E-state index contributed by atoms with van der Waals surface area (Å²) in [6, 6.07) is 19.5. The van der Waals surface area contributed by atoms with Crippen LogP contribution >= 0.6 is 23.2 Å². The first-order valence-corrected chi connectivity index (χ1v) is 9.51. The lowest BCUT2D eigenvalue weighted by molar-refractivity contribution is -0.120. The molecule has 1 aromatic heterocycles. The van der Waals surface area contributed by atoms with Crippen molar-refractivity contribution in [3.63, 3.8) is 0 Å². The van der Waals surface area contributed by atoms with E-state index in [1.54, 1.807) is 18.2 Å². The van der Waals surface area contributed by atoms with E-state index in [1.165, 1.54) is 22.5 Å². The molecule has 0 unspecified atom stereocenters. The Labute approximate surface area is 172 Å². The highest BCUT2D eigenvalue weighted by Gasteiger charge is 2.10. The highest BCUT2D eigenvalue weighted by molar-refractivity contribution is 6.36. The predicted octanol–water partition coefficient (Wildman–Crippen LogP) is 5.33. The smallest absolute Gasteiger partial charge is 0.244 e. The second-order valence-corrected chi connectivity index (χ2v) is 7.41. The number of halogens is 2. The van der Waals surface area contributed by atoms with Crippen molar-refractivity contribution in [2.24, 2.45) is 12.1 Å². The molecule has 0 aliphatic rings. The van der Waals surface area contributed by atoms with Gasteiger partial charge in [0.2, 0.25) is 5.91 Å². The van der Waals surface area contributed by atoms with Crippen LogP contribution in [-0.4, -0.2) is 16.7 Å². The van der Waals surface area contributed by atoms with Crippen LogP contribution in [0, 0.1) is 0 Å². The molecule has 6 heteroatoms. The topological polar surface area (TPSA) is 46.4 Å². The molecular formula is C22H17Cl2N3O. The number of amides is 1. The molecule has 28 heavy (non-hydrogen) atoms. The van der Waals surface area contributed by atoms with Crippen molar-refractivity contribution in [1.29, 1.82) is 0 Å². The third kappa shape index (κ3) is 3.61. The van der Waals surface area contributed by atoms with Crippen LogP contribution in [0.1, 0.15) is 11.1 Å². The first-order chi connectivity index (χ1) is 13.5. The molecule has 3 aromatic carbocycles. The molecule has 0 aliphatic heterocycles. The summed E-state index contributed by atoms with van der Waals surface area (Å²) in [4.78, 5) is 12.2. The van der Waals surface area contributed by atoms with E-state index in [0.29, 0.717) is 15.6 Å². The van der Waals surface area contributed by atoms with Crippen LogP contribution in [-0.2, 0) is 18.3 Å². The van der Waals surface area contributed by atoms with E-state index in [9.17, 15) is 4.79 Å². The quantitative estimate of drug-likeness (QED) is 0.359. The number of rotatable bonds is 4. The number of fused-ring (bicyclic) bond motifs is 3. The van der Waals surface area contributed by atoms with E-state index in [0.717, 1.165) is 11.1 Å². The van der Waals surface area contributed by atoms with Gasteiger partial charge in [-0.05, 0) is 29.8 Å². The zero-order valence-electron chi connectivity index (χ0n) is 15.1. The third-order valence-electron chi connectivity index (χ3n) is 4.70. The number of nitrogens with zero attached hydrogens (tertiary/aromatic N) is 2. The fourth-order valence-electron chi connectivity index (χ4n) is 3.32. The molecule has 140 valence electrons. The molecule has 0 saturated carbocycles. The van der Waals surface area contributed by atoms with Gasteiger partial charge in [0.25, 0.3) is 0 Å². The van der Waals surface area contributed by atoms with Gasteiger partial charge in [-0.25, -0.2) is 5.43 Å². The Morgan fingerprint density at radius 2 is 1.82 bits per heavy atom. The molecule has 4 rings (SSSR count). The zero-order valence-corrected chi connectivity index (χ0v) is 16.6. The minimum atomic E-state index is -0.195. The molecule has 1 amide bonds. The normalized spacial score (nSPS) is 11.5. The highest BCUT2D eigenvalue weighted by Crippen LogP contribution is 2.28. The van der Waals surface area contributed by atoms with Gasteiger partial charge in [-0.2, -0.15) is 5.10 Å². The maximum absolute atomic E-state index is 12.2. The number of hydrogen-bond donors (Lipinski definition) is 1. The molecule has 4 nitrogen and oxygen atoms in total. The van der Waals surface area contributed by atoms with E-state index >= 15 is 0 Å². The summed E-state index contributed by atoms with van der Waals surface area (Å²) >= 11 is 12.0. The minimum absolute atomic E-state index is 0.195. The fourth-order valence-corrected chi connectivity index (χ4v) is 3.78. The van der Waals surface area contributed by atoms with Crippen molar-refractivity contribution in [3.05, 3.63) is 81.8 Å². The summed E-state index contributed by atoms with van der Waals surface area (Å²) in [5.41, 5.74) is 6.42. The van der Waals surface area contributed by atoms with Crippen molar-refractivity contribution in [2.45, 2.75) is 6.42 Å². The number of nitrogens with one attached hydrogen (secondary N) is 1. The Morgan fingerprint density at radius 1 is 1.04 bits per heavy atom. The number of aryl methyl sites for hydroxylation is 1. The number of aromatic nitrogens is 1. The van der Waals surface area contributed by atoms with Gasteiger partial charge in [0.15, 0.2) is 0 Å². The van der Waals surface area contributed by atoms with Crippen LogP contribution in [0.5, 0.6) is 0 Å². The fraction of sp³-hybridized carbons (Fsp3) is 0.0909. The van der Waals surface area contributed by atoms with Crippen LogP contribution in [0.4, 0.5) is 0 Å². The summed E-state index contributed by atoms with van der Waals surface area (Å²) in [7, 11) is 2.04. The monoisotopic (exact) mass is 409 g/mol. The van der Waals surface area contributed by atoms with Crippen molar-refractivity contribution >= 4 is 57.1 Å². The van der Waals surface area contributed by atoms with Crippen molar-refractivity contribution in [2.75, 3.05) is 0 Å². The van der Waals surface area contributed by atoms with E-state index in [4.69, 9.17) is 23.2 Å². The average Bonchev–Trinajstić information content (AvgIpc) is 2.96. The Morgan fingerprint density at radius 3 is 2.64 bits per heavy atom. The zero-order chi connectivity index (χ0) is 19.7. The predicted molar refractivity (Wildman–Crippen MR) is 116 cm³/mol. The molecular weight excluding hydrogens is 393 g/mol. The van der Waals surface area contributed by atoms with Gasteiger partial charge < -0.3 is 4.57 Å². The molecule has 0 fully saturated rings. The Bertz CT molecular complexity index is 1230. The number of benzene rings is 3. The maximum atomic E-state index is 12.2. The van der Waals surface area contributed by atoms with Crippen molar-refractivity contribution in [1.82, 2.24) is 9.99 Å². The average molecular weight is 410 g/mol. The number of para-hydroxylation sites is 1. The molecule has 4 aromatic rings. The van der Waals surface area contributed by atoms with Gasteiger partial charge in [0.1, 0.15) is 0 Å². The summed E-state index contributed by atoms with van der Waals surface area (Å²) in [6.45, 7) is 0. The van der Waals surface area contributed by atoms with Gasteiger partial charge in [0.05, 0.1) is 17.7 Å². The summed E-state index contributed by atoms with van der Waals surface area (Å²) in [5, 5.41) is 7.40. The Kier molecular flexibility index (Phi) is 5.07. The van der Waals surface area contributed by atoms with Gasteiger partial charge in [0, 0.05) is 39.4 Å². The number of hydrazone groups is 1. The summed E-state index contributed by atoms with van der Waals surface area (Å²) in [6.07, 6.45) is 1.74. The standard InChI is InChI=1S/C22H17Cl2N3O/c1-27-20-5-3-2-4-17(20)18-9-6-14(10-21(18)27)11-22(28)26-25-13-15-7-8-16(23)12-19(15)24/h2-10,12-13H,11H2,1H3,(H,26,28)/b25-13+. The van der Waals surface area contributed by atoms with Crippen molar-refractivity contribution in [3.8, 4) is 0 Å². The van der Waals surface area contributed by atoms with Crippen LogP contribution < -0.4 is 5.43 Å². The van der Waals surface area contributed by atoms with E-state index < -0.39 is 0 Å². The van der Waals surface area contributed by atoms with Gasteiger partial charge in [-0.3, -0.25) is 4.79 Å². The molecule has 0 aliphatic carbocycles. The molecule has 1 N–H and O–H groups in total. The van der Waals surface area contributed by atoms with Gasteiger partial charge >= 0.3 is 0 Å². The molecule has 1 heterocycles. The third-order valence-corrected chi connectivity index (χ3v) is 5.26. The Balaban J connectivity index is 1.50. The molecule has 0 spiro atoms. The lowest BCUT2D eigenvalue weighted by Crippen LogP contribution is -2.19. The Hall–Kier alpha value is -2.82.